The molecule has 0 fully saturated rings. The van der Waals surface area contributed by atoms with Crippen molar-refractivity contribution in [1.82, 2.24) is 0 Å². The largest absolute Gasteiger partial charge is 3.00 e. The van der Waals surface area contributed by atoms with Gasteiger partial charge in [0.15, 0.2) is 0 Å². The van der Waals surface area contributed by atoms with Crippen molar-refractivity contribution < 1.29 is 132 Å². The van der Waals surface area contributed by atoms with E-state index in [0.29, 0.717) is 0 Å². The van der Waals surface area contributed by atoms with Crippen molar-refractivity contribution in [2.75, 3.05) is 0 Å². The molecule has 0 amide bonds. The smallest absolute Gasteiger partial charge is 2.00 e. The Morgan fingerprint density at radius 1 is 0.333 bits per heavy atom. The topological polar surface area (TPSA) is 142 Å². The van der Waals surface area contributed by atoms with E-state index in [4.69, 9.17) is 0 Å². The summed E-state index contributed by atoms with van der Waals surface area (Å²) in [5, 5.41) is 0. The first-order chi connectivity index (χ1) is 0. The first-order valence-corrected chi connectivity index (χ1v) is 0. The molecule has 0 heterocycles. The Hall–Kier alpha value is 3.20. The SMILES string of the molecule is [Co+2].[Co+2].[La+3].[La+3].[O-2].[O-2].[O-2].[O-2].[O-2]. The predicted molar refractivity (Wildman–Crippen MR) is 3.43 cm³/mol. The molecule has 0 unspecified atom stereocenters. The summed E-state index contributed by atoms with van der Waals surface area (Å²) in [5.74, 6) is 0. The van der Waals surface area contributed by atoms with Gasteiger partial charge in [-0.05, 0) is 0 Å². The van der Waals surface area contributed by atoms with Gasteiger partial charge in [0.2, 0.25) is 0 Å². The number of hydrogen-bond acceptors (Lipinski definition) is 0. The third-order valence-electron chi connectivity index (χ3n) is 0. The molecule has 0 saturated carbocycles. The maximum atomic E-state index is 0. The molecule has 2 radical (unpaired) electrons. The Balaban J connectivity index is 0. The van der Waals surface area contributed by atoms with Crippen LogP contribution in [0.3, 0.4) is 0 Å². The first kappa shape index (κ1) is 149. The van der Waals surface area contributed by atoms with Gasteiger partial charge in [-0.3, -0.25) is 0 Å². The van der Waals surface area contributed by atoms with Gasteiger partial charge in [-0.1, -0.05) is 0 Å². The molecule has 0 bridgehead atoms. The molecular weight excluding hydrogens is 476 g/mol. The molecule has 0 aromatic rings. The Kier molecular flexibility index (Phi) is 1890. The van der Waals surface area contributed by atoms with Crippen LogP contribution in [0.5, 0.6) is 0 Å². The minimum atomic E-state index is 0. The van der Waals surface area contributed by atoms with E-state index in [1.807, 2.05) is 0 Å². The van der Waals surface area contributed by atoms with E-state index < -0.39 is 0 Å². The van der Waals surface area contributed by atoms with Crippen molar-refractivity contribution in [3.8, 4) is 0 Å². The van der Waals surface area contributed by atoms with Gasteiger partial charge in [0.1, 0.15) is 0 Å². The summed E-state index contributed by atoms with van der Waals surface area (Å²) in [5.41, 5.74) is 0. The molecule has 9 heavy (non-hydrogen) atoms. The Bertz CT molecular complexity index is 12.9. The van der Waals surface area contributed by atoms with Crippen LogP contribution in [0.2, 0.25) is 0 Å². The quantitative estimate of drug-likeness (QED) is 0.441. The number of rotatable bonds is 0. The van der Waals surface area contributed by atoms with Gasteiger partial charge in [-0.25, -0.2) is 0 Å². The fraction of sp³-hybridized carbons (Fsp3) is 0. The Morgan fingerprint density at radius 2 is 0.333 bits per heavy atom. The molecule has 9 heteroatoms. The second-order valence-corrected chi connectivity index (χ2v) is 0. The fourth-order valence-corrected chi connectivity index (χ4v) is 0. The van der Waals surface area contributed by atoms with Crippen LogP contribution in [-0.4, -0.2) is 0 Å². The van der Waals surface area contributed by atoms with Crippen molar-refractivity contribution in [2.24, 2.45) is 0 Å². The maximum absolute atomic E-state index is 0. The summed E-state index contributed by atoms with van der Waals surface area (Å²) in [4.78, 5) is 0. The fourth-order valence-electron chi connectivity index (χ4n) is 0. The zero-order valence-corrected chi connectivity index (χ0v) is 13.2. The van der Waals surface area contributed by atoms with Crippen molar-refractivity contribution in [3.05, 3.63) is 0 Å². The van der Waals surface area contributed by atoms with Crippen LogP contribution in [0, 0.1) is 71.2 Å². The molecule has 5 nitrogen and oxygen atoms in total. The van der Waals surface area contributed by atoms with Crippen molar-refractivity contribution in [1.29, 1.82) is 0 Å². The minimum Gasteiger partial charge on any atom is -2.00 e. The van der Waals surface area contributed by atoms with Gasteiger partial charge >= 0.3 is 105 Å². The molecular formula is Co2La2O5. The summed E-state index contributed by atoms with van der Waals surface area (Å²) in [6.07, 6.45) is 0. The monoisotopic (exact) mass is 476 g/mol. The van der Waals surface area contributed by atoms with Gasteiger partial charge < -0.3 is 27.4 Å². The second-order valence-electron chi connectivity index (χ2n) is 0. The van der Waals surface area contributed by atoms with Crippen molar-refractivity contribution in [3.63, 3.8) is 0 Å². The summed E-state index contributed by atoms with van der Waals surface area (Å²) in [6, 6.07) is 0. The standard InChI is InChI=1S/2Co.2La.5O/q2*+2;2*+3;5*-2. The van der Waals surface area contributed by atoms with E-state index >= 15 is 0 Å². The summed E-state index contributed by atoms with van der Waals surface area (Å²) in [7, 11) is 0. The molecule has 0 aromatic carbocycles. The van der Waals surface area contributed by atoms with E-state index in [1.165, 1.54) is 0 Å². The number of hydrogen-bond donors (Lipinski definition) is 0. The van der Waals surface area contributed by atoms with E-state index in [0.717, 1.165) is 0 Å². The van der Waals surface area contributed by atoms with Gasteiger partial charge in [-0.15, -0.1) is 0 Å². The van der Waals surface area contributed by atoms with E-state index in [2.05, 4.69) is 0 Å². The Morgan fingerprint density at radius 3 is 0.333 bits per heavy atom. The van der Waals surface area contributed by atoms with Crippen LogP contribution in [0.25, 0.3) is 0 Å². The van der Waals surface area contributed by atoms with Crippen molar-refractivity contribution in [2.45, 2.75) is 0 Å². The van der Waals surface area contributed by atoms with E-state index in [1.54, 1.807) is 0 Å². The summed E-state index contributed by atoms with van der Waals surface area (Å²) < 4.78 is 0. The molecule has 0 N–H and O–H groups in total. The minimum absolute atomic E-state index is 0. The van der Waals surface area contributed by atoms with Crippen molar-refractivity contribution >= 4 is 0 Å². The van der Waals surface area contributed by atoms with E-state index in [-0.39, 0.29) is 132 Å². The van der Waals surface area contributed by atoms with Gasteiger partial charge in [0, 0.05) is 0 Å². The van der Waals surface area contributed by atoms with Crippen LogP contribution in [-0.2, 0) is 60.9 Å². The first-order valence-electron chi connectivity index (χ1n) is 0. The van der Waals surface area contributed by atoms with Crippen LogP contribution in [0.4, 0.5) is 0 Å². The molecule has 0 aliphatic carbocycles. The average Bonchev–Trinajstić information content (AvgIpc) is 0. The van der Waals surface area contributed by atoms with Crippen LogP contribution in [0.15, 0.2) is 0 Å². The molecule has 0 saturated heterocycles. The van der Waals surface area contributed by atoms with Gasteiger partial charge in [0.05, 0.1) is 0 Å². The molecule has 0 aromatic heterocycles. The zero-order chi connectivity index (χ0) is 0. The van der Waals surface area contributed by atoms with Gasteiger partial charge in [-0.2, -0.15) is 0 Å². The maximum Gasteiger partial charge on any atom is 3.00 e. The summed E-state index contributed by atoms with van der Waals surface area (Å²) in [6.45, 7) is 0. The van der Waals surface area contributed by atoms with Crippen LogP contribution >= 0.6 is 0 Å². The Labute approximate surface area is 130 Å². The molecule has 0 spiro atoms. The van der Waals surface area contributed by atoms with E-state index in [9.17, 15) is 0 Å². The van der Waals surface area contributed by atoms with Crippen LogP contribution in [0.1, 0.15) is 0 Å². The predicted octanol–water partition coefficient (Wildman–Crippen LogP) is -0.599. The molecule has 0 aliphatic rings. The normalized spacial score (nSPS) is 0. The third kappa shape index (κ3) is 92.5. The zero-order valence-electron chi connectivity index (χ0n) is 3.86. The molecule has 0 rings (SSSR count). The van der Waals surface area contributed by atoms with Crippen LogP contribution < -0.4 is 0 Å². The van der Waals surface area contributed by atoms with Gasteiger partial charge in [0.25, 0.3) is 0 Å². The molecule has 0 atom stereocenters. The second kappa shape index (κ2) is 114. The molecule has 0 aliphatic heterocycles. The summed E-state index contributed by atoms with van der Waals surface area (Å²) >= 11 is 0. The third-order valence-corrected chi connectivity index (χ3v) is 0. The average molecular weight is 476 g/mol. The molecule has 54 valence electrons.